The second kappa shape index (κ2) is 6.75. The molecule has 3 nitrogen and oxygen atoms in total. The second-order valence-electron chi connectivity index (χ2n) is 5.75. The van der Waals surface area contributed by atoms with Crippen LogP contribution in [-0.4, -0.2) is 29.1 Å². The van der Waals surface area contributed by atoms with Crippen LogP contribution in [0.25, 0.3) is 0 Å². The summed E-state index contributed by atoms with van der Waals surface area (Å²) in [6.07, 6.45) is 1.85. The summed E-state index contributed by atoms with van der Waals surface area (Å²) in [4.78, 5) is 14.8. The molecule has 1 N–H and O–H groups in total. The Morgan fingerprint density at radius 2 is 1.68 bits per heavy atom. The SMILES string of the molecule is O=C1[C@@H](c2ccccc2)CCCN1[C@@H](CO)c1ccccc1. The molecule has 0 saturated carbocycles. The van der Waals surface area contributed by atoms with Gasteiger partial charge in [-0.05, 0) is 24.0 Å². The van der Waals surface area contributed by atoms with Crippen molar-refractivity contribution in [3.05, 3.63) is 71.8 Å². The fourth-order valence-corrected chi connectivity index (χ4v) is 3.26. The van der Waals surface area contributed by atoms with Crippen LogP contribution in [0.1, 0.15) is 35.9 Å². The first-order valence-electron chi connectivity index (χ1n) is 7.82. The van der Waals surface area contributed by atoms with Crippen LogP contribution in [0.2, 0.25) is 0 Å². The number of rotatable bonds is 4. The predicted molar refractivity (Wildman–Crippen MR) is 86.4 cm³/mol. The molecule has 0 bridgehead atoms. The molecule has 0 aliphatic carbocycles. The molecule has 1 heterocycles. The third-order valence-corrected chi connectivity index (χ3v) is 4.41. The molecule has 2 aromatic carbocycles. The van der Waals surface area contributed by atoms with Crippen LogP contribution in [-0.2, 0) is 4.79 Å². The first-order chi connectivity index (χ1) is 10.8. The minimum absolute atomic E-state index is 0.0444. The topological polar surface area (TPSA) is 40.5 Å². The Balaban J connectivity index is 1.86. The van der Waals surface area contributed by atoms with E-state index in [1.807, 2.05) is 65.6 Å². The van der Waals surface area contributed by atoms with Crippen molar-refractivity contribution in [2.45, 2.75) is 24.8 Å². The molecular formula is C19H21NO2. The van der Waals surface area contributed by atoms with E-state index in [4.69, 9.17) is 0 Å². The van der Waals surface area contributed by atoms with Crippen molar-refractivity contribution in [2.75, 3.05) is 13.2 Å². The van der Waals surface area contributed by atoms with Gasteiger partial charge in [0.05, 0.1) is 18.6 Å². The van der Waals surface area contributed by atoms with E-state index in [9.17, 15) is 9.90 Å². The van der Waals surface area contributed by atoms with Crippen molar-refractivity contribution in [3.8, 4) is 0 Å². The number of piperidine rings is 1. The molecule has 1 aliphatic rings. The summed E-state index contributed by atoms with van der Waals surface area (Å²) in [7, 11) is 0. The highest BCUT2D eigenvalue weighted by Gasteiger charge is 2.34. The van der Waals surface area contributed by atoms with Gasteiger partial charge in [0.2, 0.25) is 5.91 Å². The van der Waals surface area contributed by atoms with E-state index in [1.165, 1.54) is 0 Å². The average Bonchev–Trinajstić information content (AvgIpc) is 2.59. The van der Waals surface area contributed by atoms with Crippen LogP contribution in [0.5, 0.6) is 0 Å². The van der Waals surface area contributed by atoms with Crippen molar-refractivity contribution in [1.29, 1.82) is 0 Å². The van der Waals surface area contributed by atoms with Crippen LogP contribution < -0.4 is 0 Å². The van der Waals surface area contributed by atoms with Crippen LogP contribution in [0, 0.1) is 0 Å². The van der Waals surface area contributed by atoms with Gasteiger partial charge in [0.25, 0.3) is 0 Å². The Labute approximate surface area is 131 Å². The van der Waals surface area contributed by atoms with E-state index < -0.39 is 0 Å². The smallest absolute Gasteiger partial charge is 0.230 e. The molecule has 22 heavy (non-hydrogen) atoms. The summed E-state index contributed by atoms with van der Waals surface area (Å²) in [6, 6.07) is 19.5. The third-order valence-electron chi connectivity index (χ3n) is 4.41. The standard InChI is InChI=1S/C19H21NO2/c21-14-18(16-10-5-2-6-11-16)20-13-7-12-17(19(20)22)15-8-3-1-4-9-15/h1-6,8-11,17-18,21H,7,12-14H2/t17-,18+/m1/s1. The summed E-state index contributed by atoms with van der Waals surface area (Å²) in [5.41, 5.74) is 2.06. The number of aliphatic hydroxyl groups is 1. The van der Waals surface area contributed by atoms with Crippen molar-refractivity contribution < 1.29 is 9.90 Å². The fourth-order valence-electron chi connectivity index (χ4n) is 3.26. The number of likely N-dealkylation sites (tertiary alicyclic amines) is 1. The average molecular weight is 295 g/mol. The van der Waals surface area contributed by atoms with Gasteiger partial charge in [-0.3, -0.25) is 4.79 Å². The van der Waals surface area contributed by atoms with Gasteiger partial charge in [-0.2, -0.15) is 0 Å². The second-order valence-corrected chi connectivity index (χ2v) is 5.75. The van der Waals surface area contributed by atoms with Gasteiger partial charge in [0, 0.05) is 6.54 Å². The van der Waals surface area contributed by atoms with E-state index in [0.29, 0.717) is 6.54 Å². The maximum atomic E-state index is 12.9. The number of carbonyl (C=O) groups excluding carboxylic acids is 1. The Kier molecular flexibility index (Phi) is 4.54. The lowest BCUT2D eigenvalue weighted by Crippen LogP contribution is -2.43. The summed E-state index contributed by atoms with van der Waals surface area (Å²) in [5.74, 6) is 0.0352. The number of nitrogens with zero attached hydrogens (tertiary/aromatic N) is 1. The molecule has 1 saturated heterocycles. The molecular weight excluding hydrogens is 274 g/mol. The first kappa shape index (κ1) is 14.8. The van der Waals surface area contributed by atoms with Crippen molar-refractivity contribution in [2.24, 2.45) is 0 Å². The molecule has 1 aliphatic heterocycles. The van der Waals surface area contributed by atoms with E-state index in [2.05, 4.69) is 0 Å². The number of hydrogen-bond donors (Lipinski definition) is 1. The zero-order valence-corrected chi connectivity index (χ0v) is 12.6. The zero-order chi connectivity index (χ0) is 15.4. The van der Waals surface area contributed by atoms with Gasteiger partial charge in [-0.1, -0.05) is 60.7 Å². The summed E-state index contributed by atoms with van der Waals surface area (Å²) in [6.45, 7) is 0.666. The normalized spacial score (nSPS) is 20.0. The number of amides is 1. The molecule has 1 amide bonds. The molecule has 2 aromatic rings. The lowest BCUT2D eigenvalue weighted by atomic mass is 9.88. The predicted octanol–water partition coefficient (Wildman–Crippen LogP) is 3.13. The maximum absolute atomic E-state index is 12.9. The number of hydrogen-bond acceptors (Lipinski definition) is 2. The first-order valence-corrected chi connectivity index (χ1v) is 7.82. The number of aliphatic hydroxyl groups excluding tert-OH is 1. The molecule has 3 rings (SSSR count). The largest absolute Gasteiger partial charge is 0.394 e. The highest BCUT2D eigenvalue weighted by Crippen LogP contribution is 2.33. The van der Waals surface area contributed by atoms with Gasteiger partial charge in [-0.25, -0.2) is 0 Å². The maximum Gasteiger partial charge on any atom is 0.230 e. The molecule has 0 spiro atoms. The monoisotopic (exact) mass is 295 g/mol. The van der Waals surface area contributed by atoms with Crippen LogP contribution in [0.4, 0.5) is 0 Å². The molecule has 0 radical (unpaired) electrons. The Hall–Kier alpha value is -2.13. The molecule has 0 unspecified atom stereocenters. The van der Waals surface area contributed by atoms with Crippen molar-refractivity contribution >= 4 is 5.91 Å². The zero-order valence-electron chi connectivity index (χ0n) is 12.6. The summed E-state index contributed by atoms with van der Waals surface area (Å²) in [5, 5.41) is 9.81. The van der Waals surface area contributed by atoms with Crippen LogP contribution in [0.3, 0.4) is 0 Å². The van der Waals surface area contributed by atoms with E-state index in [0.717, 1.165) is 24.0 Å². The fraction of sp³-hybridized carbons (Fsp3) is 0.316. The molecule has 2 atom stereocenters. The Morgan fingerprint density at radius 3 is 2.32 bits per heavy atom. The minimum atomic E-state index is -0.250. The Morgan fingerprint density at radius 1 is 1.05 bits per heavy atom. The van der Waals surface area contributed by atoms with Crippen molar-refractivity contribution in [1.82, 2.24) is 4.90 Å². The minimum Gasteiger partial charge on any atom is -0.394 e. The van der Waals surface area contributed by atoms with Gasteiger partial charge in [0.1, 0.15) is 0 Å². The Bertz CT molecular complexity index is 612. The van der Waals surface area contributed by atoms with Crippen LogP contribution >= 0.6 is 0 Å². The molecule has 0 aromatic heterocycles. The molecule has 114 valence electrons. The lowest BCUT2D eigenvalue weighted by Gasteiger charge is -2.37. The van der Waals surface area contributed by atoms with Gasteiger partial charge in [0.15, 0.2) is 0 Å². The van der Waals surface area contributed by atoms with Gasteiger partial charge < -0.3 is 10.0 Å². The summed E-state index contributed by atoms with van der Waals surface area (Å²) >= 11 is 0. The number of benzene rings is 2. The van der Waals surface area contributed by atoms with Gasteiger partial charge >= 0.3 is 0 Å². The lowest BCUT2D eigenvalue weighted by molar-refractivity contribution is -0.139. The molecule has 1 fully saturated rings. The third kappa shape index (κ3) is 2.90. The van der Waals surface area contributed by atoms with Crippen molar-refractivity contribution in [3.63, 3.8) is 0 Å². The van der Waals surface area contributed by atoms with E-state index >= 15 is 0 Å². The van der Waals surface area contributed by atoms with Crippen LogP contribution in [0.15, 0.2) is 60.7 Å². The molecule has 3 heteroatoms. The van der Waals surface area contributed by atoms with E-state index in [1.54, 1.807) is 0 Å². The quantitative estimate of drug-likeness (QED) is 0.941. The summed E-state index contributed by atoms with van der Waals surface area (Å²) < 4.78 is 0. The van der Waals surface area contributed by atoms with E-state index in [-0.39, 0.29) is 24.5 Å². The number of carbonyl (C=O) groups is 1. The van der Waals surface area contributed by atoms with Gasteiger partial charge in [-0.15, -0.1) is 0 Å². The highest BCUT2D eigenvalue weighted by atomic mass is 16.3. The highest BCUT2D eigenvalue weighted by molar-refractivity contribution is 5.85.